The van der Waals surface area contributed by atoms with E-state index in [2.05, 4.69) is 4.98 Å². The third kappa shape index (κ3) is 3.69. The van der Waals surface area contributed by atoms with Crippen LogP contribution in [0, 0.1) is 10.1 Å². The maximum atomic E-state index is 12.3. The second-order valence-corrected chi connectivity index (χ2v) is 5.20. The summed E-state index contributed by atoms with van der Waals surface area (Å²) in [6.07, 6.45) is 1.53. The number of carbonyl (C=O) groups is 1. The number of non-ortho nitro benzene ring substituents is 1. The van der Waals surface area contributed by atoms with E-state index in [0.717, 1.165) is 11.6 Å². The number of nitro benzene ring substituents is 1. The Hall–Kier alpha value is -3.68. The Bertz CT molecular complexity index is 936. The summed E-state index contributed by atoms with van der Waals surface area (Å²) in [6, 6.07) is 13.0. The van der Waals surface area contributed by atoms with Crippen LogP contribution in [0.25, 0.3) is 11.3 Å². The predicted octanol–water partition coefficient (Wildman–Crippen LogP) is 3.62. The quantitative estimate of drug-likeness (QED) is 0.378. The lowest BCUT2D eigenvalue weighted by molar-refractivity contribution is -0.384. The van der Waals surface area contributed by atoms with Crippen molar-refractivity contribution in [1.29, 1.82) is 0 Å². The first-order chi connectivity index (χ1) is 12.6. The maximum absolute atomic E-state index is 12.3. The van der Waals surface area contributed by atoms with Crippen LogP contribution in [0.4, 0.5) is 5.69 Å². The van der Waals surface area contributed by atoms with Crippen LogP contribution in [0.2, 0.25) is 0 Å². The normalized spacial score (nSPS) is 10.3. The zero-order valence-electron chi connectivity index (χ0n) is 13.7. The summed E-state index contributed by atoms with van der Waals surface area (Å²) in [5.74, 6) is 0.161. The van der Waals surface area contributed by atoms with Gasteiger partial charge in [0.1, 0.15) is 11.3 Å². The fraction of sp³-hybridized carbons (Fsp3) is 0.111. The molecule has 0 aliphatic carbocycles. The van der Waals surface area contributed by atoms with Gasteiger partial charge < -0.3 is 13.9 Å². The zero-order valence-corrected chi connectivity index (χ0v) is 13.7. The van der Waals surface area contributed by atoms with Gasteiger partial charge >= 0.3 is 5.97 Å². The molecule has 1 heterocycles. The molecule has 0 aliphatic rings. The van der Waals surface area contributed by atoms with Gasteiger partial charge in [0.2, 0.25) is 5.89 Å². The second-order valence-electron chi connectivity index (χ2n) is 5.20. The van der Waals surface area contributed by atoms with E-state index in [0.29, 0.717) is 5.76 Å². The van der Waals surface area contributed by atoms with E-state index in [-0.39, 0.29) is 29.5 Å². The van der Waals surface area contributed by atoms with Crippen LogP contribution in [0.1, 0.15) is 16.2 Å². The highest BCUT2D eigenvalue weighted by Gasteiger charge is 2.19. The minimum absolute atomic E-state index is 0.0449. The Morgan fingerprint density at radius 1 is 1.23 bits per heavy atom. The molecule has 1 aromatic heterocycles. The highest BCUT2D eigenvalue weighted by atomic mass is 16.6. The molecule has 8 heteroatoms. The number of ether oxygens (including phenoxy) is 2. The molecule has 0 fully saturated rings. The van der Waals surface area contributed by atoms with Gasteiger partial charge in [0.15, 0.2) is 12.4 Å². The summed E-state index contributed by atoms with van der Waals surface area (Å²) in [5.41, 5.74) is 0.565. The maximum Gasteiger partial charge on any atom is 0.342 e. The minimum Gasteiger partial charge on any atom is -0.496 e. The van der Waals surface area contributed by atoms with Gasteiger partial charge in [0.05, 0.1) is 18.2 Å². The van der Waals surface area contributed by atoms with Gasteiger partial charge in [-0.05, 0) is 6.07 Å². The third-order valence-electron chi connectivity index (χ3n) is 3.55. The number of esters is 1. The smallest absolute Gasteiger partial charge is 0.342 e. The average molecular weight is 354 g/mol. The predicted molar refractivity (Wildman–Crippen MR) is 90.7 cm³/mol. The van der Waals surface area contributed by atoms with Crippen molar-refractivity contribution in [1.82, 2.24) is 4.98 Å². The molecular weight excluding hydrogens is 340 g/mol. The highest BCUT2D eigenvalue weighted by Crippen LogP contribution is 2.25. The number of nitrogens with zero attached hydrogens (tertiary/aromatic N) is 2. The molecule has 0 bridgehead atoms. The fourth-order valence-electron chi connectivity index (χ4n) is 2.29. The summed E-state index contributed by atoms with van der Waals surface area (Å²) >= 11 is 0. The van der Waals surface area contributed by atoms with E-state index >= 15 is 0 Å². The van der Waals surface area contributed by atoms with Crippen molar-refractivity contribution in [2.24, 2.45) is 0 Å². The molecule has 0 spiro atoms. The summed E-state index contributed by atoms with van der Waals surface area (Å²) in [4.78, 5) is 26.6. The van der Waals surface area contributed by atoms with E-state index in [1.54, 1.807) is 0 Å². The van der Waals surface area contributed by atoms with Crippen LogP contribution in [-0.4, -0.2) is 23.0 Å². The second kappa shape index (κ2) is 7.47. The monoisotopic (exact) mass is 354 g/mol. The van der Waals surface area contributed by atoms with E-state index in [1.807, 2.05) is 30.3 Å². The van der Waals surface area contributed by atoms with E-state index in [1.165, 1.54) is 25.4 Å². The number of oxazole rings is 1. The molecule has 0 atom stereocenters. The minimum atomic E-state index is -0.773. The lowest BCUT2D eigenvalue weighted by atomic mass is 10.2. The van der Waals surface area contributed by atoms with Crippen LogP contribution >= 0.6 is 0 Å². The molecule has 3 aromatic rings. The number of methoxy groups -OCH3 is 1. The number of aromatic nitrogens is 1. The molecule has 0 N–H and O–H groups in total. The topological polar surface area (TPSA) is 105 Å². The number of rotatable bonds is 6. The molecule has 0 radical (unpaired) electrons. The van der Waals surface area contributed by atoms with E-state index in [4.69, 9.17) is 13.9 Å². The molecule has 0 unspecified atom stereocenters. The van der Waals surface area contributed by atoms with Crippen molar-refractivity contribution >= 4 is 11.7 Å². The SMILES string of the molecule is COc1ccc([N+](=O)[O-])cc1C(=O)OCc1ncc(-c2ccccc2)o1. The van der Waals surface area contributed by atoms with Gasteiger partial charge in [-0.3, -0.25) is 10.1 Å². The van der Waals surface area contributed by atoms with Crippen LogP contribution in [0.15, 0.2) is 59.1 Å². The number of nitro groups is 1. The molecule has 0 amide bonds. The molecule has 0 saturated carbocycles. The number of hydrogen-bond donors (Lipinski definition) is 0. The lowest BCUT2D eigenvalue weighted by Gasteiger charge is -2.07. The van der Waals surface area contributed by atoms with Gasteiger partial charge in [-0.1, -0.05) is 30.3 Å². The first-order valence-electron chi connectivity index (χ1n) is 7.58. The number of carbonyl (C=O) groups excluding carboxylic acids is 1. The van der Waals surface area contributed by atoms with Crippen LogP contribution in [-0.2, 0) is 11.3 Å². The zero-order chi connectivity index (χ0) is 18.5. The van der Waals surface area contributed by atoms with Gasteiger partial charge in [0.25, 0.3) is 5.69 Å². The Morgan fingerprint density at radius 2 is 2.00 bits per heavy atom. The molecule has 2 aromatic carbocycles. The summed E-state index contributed by atoms with van der Waals surface area (Å²) in [6.45, 7) is -0.211. The van der Waals surface area contributed by atoms with Gasteiger partial charge in [0, 0.05) is 17.7 Å². The lowest BCUT2D eigenvalue weighted by Crippen LogP contribution is -2.08. The summed E-state index contributed by atoms with van der Waals surface area (Å²) < 4.78 is 15.7. The largest absolute Gasteiger partial charge is 0.496 e. The van der Waals surface area contributed by atoms with Gasteiger partial charge in [-0.15, -0.1) is 0 Å². The van der Waals surface area contributed by atoms with Crippen molar-refractivity contribution in [3.05, 3.63) is 76.3 Å². The van der Waals surface area contributed by atoms with Crippen LogP contribution < -0.4 is 4.74 Å². The van der Waals surface area contributed by atoms with Crippen LogP contribution in [0.5, 0.6) is 5.75 Å². The Kier molecular flexibility index (Phi) is 4.93. The molecule has 0 saturated heterocycles. The Labute approximate surface area is 148 Å². The van der Waals surface area contributed by atoms with Gasteiger partial charge in [-0.2, -0.15) is 0 Å². The van der Waals surface area contributed by atoms with E-state index in [9.17, 15) is 14.9 Å². The summed E-state index contributed by atoms with van der Waals surface area (Å²) in [7, 11) is 1.36. The first-order valence-corrected chi connectivity index (χ1v) is 7.58. The van der Waals surface area contributed by atoms with Crippen LogP contribution in [0.3, 0.4) is 0 Å². The van der Waals surface area contributed by atoms with Crippen molar-refractivity contribution in [2.75, 3.05) is 7.11 Å². The third-order valence-corrected chi connectivity index (χ3v) is 3.55. The van der Waals surface area contributed by atoms with Crippen molar-refractivity contribution in [3.8, 4) is 17.1 Å². The van der Waals surface area contributed by atoms with E-state index < -0.39 is 10.9 Å². The summed E-state index contributed by atoms with van der Waals surface area (Å²) in [5, 5.41) is 10.9. The molecular formula is C18H14N2O6. The number of benzene rings is 2. The Balaban J connectivity index is 1.72. The van der Waals surface area contributed by atoms with Crippen molar-refractivity contribution in [2.45, 2.75) is 6.61 Å². The Morgan fingerprint density at radius 3 is 2.69 bits per heavy atom. The molecule has 8 nitrogen and oxygen atoms in total. The van der Waals surface area contributed by atoms with Gasteiger partial charge in [-0.25, -0.2) is 9.78 Å². The fourth-order valence-corrected chi connectivity index (χ4v) is 2.29. The highest BCUT2D eigenvalue weighted by molar-refractivity contribution is 5.93. The first kappa shape index (κ1) is 17.2. The average Bonchev–Trinajstić information content (AvgIpc) is 3.15. The number of hydrogen-bond acceptors (Lipinski definition) is 7. The molecule has 26 heavy (non-hydrogen) atoms. The molecule has 3 rings (SSSR count). The standard InChI is InChI=1S/C18H14N2O6/c1-24-15-8-7-13(20(22)23)9-14(15)18(21)25-11-17-19-10-16(26-17)12-5-3-2-4-6-12/h2-10H,11H2,1H3. The molecule has 0 aliphatic heterocycles. The molecule has 132 valence electrons. The van der Waals surface area contributed by atoms with Crippen molar-refractivity contribution in [3.63, 3.8) is 0 Å². The van der Waals surface area contributed by atoms with Crippen molar-refractivity contribution < 1.29 is 23.6 Å².